The van der Waals surface area contributed by atoms with Crippen molar-refractivity contribution in [3.63, 3.8) is 0 Å². The lowest BCUT2D eigenvalue weighted by molar-refractivity contribution is -0.125. The van der Waals surface area contributed by atoms with Gasteiger partial charge in [-0.3, -0.25) is 14.4 Å². The quantitative estimate of drug-likeness (QED) is 0.189. The molecule has 0 aromatic heterocycles. The second kappa shape index (κ2) is 52.8. The van der Waals surface area contributed by atoms with Crippen molar-refractivity contribution in [2.75, 3.05) is 0 Å². The summed E-state index contributed by atoms with van der Waals surface area (Å²) in [6.07, 6.45) is 10.2. The van der Waals surface area contributed by atoms with E-state index >= 15 is 0 Å². The molecule has 0 aliphatic carbocycles. The van der Waals surface area contributed by atoms with E-state index in [1.54, 1.807) is 27.7 Å². The van der Waals surface area contributed by atoms with Gasteiger partial charge in [0.05, 0.1) is 6.42 Å². The summed E-state index contributed by atoms with van der Waals surface area (Å²) in [5.41, 5.74) is 0. The first-order valence-electron chi connectivity index (χ1n) is 14.0. The van der Waals surface area contributed by atoms with Gasteiger partial charge in [0.2, 0.25) is 0 Å². The largest absolute Gasteiger partial charge is 0.300 e. The maximum atomic E-state index is 10.2. The van der Waals surface area contributed by atoms with Crippen LogP contribution in [-0.2, 0) is 33.6 Å². The van der Waals surface area contributed by atoms with Gasteiger partial charge in [0.25, 0.3) is 0 Å². The SMILES string of the molecule is C.CC(=O)CC(C)=O.CC=CC.CCC(=O)CC.CCC(C)=O.CCC(C)=O.CCCC(C)=O.CCCC(C)=O. The van der Waals surface area contributed by atoms with E-state index in [0.717, 1.165) is 25.7 Å². The molecule has 0 aromatic rings. The van der Waals surface area contributed by atoms with Gasteiger partial charge >= 0.3 is 0 Å². The summed E-state index contributed by atoms with van der Waals surface area (Å²) in [4.78, 5) is 70.0. The highest BCUT2D eigenvalue weighted by molar-refractivity contribution is 5.96. The molecule has 0 fully saturated rings. The first-order valence-corrected chi connectivity index (χ1v) is 14.0. The van der Waals surface area contributed by atoms with Crippen LogP contribution in [0, 0.1) is 0 Å². The van der Waals surface area contributed by atoms with Gasteiger partial charge in [-0.1, -0.05) is 61.1 Å². The molecule has 0 amide bonds. The molecular formula is C33H66O7. The Morgan fingerprint density at radius 1 is 0.425 bits per heavy atom. The zero-order chi connectivity index (χ0) is 32.8. The number of ketones is 7. The Balaban J connectivity index is -0.0000000499. The minimum absolute atomic E-state index is 0. The van der Waals surface area contributed by atoms with E-state index in [9.17, 15) is 33.6 Å². The van der Waals surface area contributed by atoms with Gasteiger partial charge in [0.15, 0.2) is 0 Å². The molecule has 0 bridgehead atoms. The third kappa shape index (κ3) is 156. The van der Waals surface area contributed by atoms with Gasteiger partial charge in [-0.15, -0.1) is 0 Å². The van der Waals surface area contributed by atoms with Crippen LogP contribution in [0.5, 0.6) is 0 Å². The monoisotopic (exact) mass is 574 g/mol. The fourth-order valence-electron chi connectivity index (χ4n) is 1.30. The predicted octanol–water partition coefficient (Wildman–Crippen LogP) is 8.87. The van der Waals surface area contributed by atoms with E-state index in [1.165, 1.54) is 13.8 Å². The molecule has 0 radical (unpaired) electrons. The van der Waals surface area contributed by atoms with Crippen LogP contribution >= 0.6 is 0 Å². The van der Waals surface area contributed by atoms with Gasteiger partial charge in [0, 0.05) is 38.5 Å². The lowest BCUT2D eigenvalue weighted by Gasteiger charge is -1.81. The van der Waals surface area contributed by atoms with Crippen molar-refractivity contribution >= 4 is 40.5 Å². The summed E-state index contributed by atoms with van der Waals surface area (Å²) in [5.74, 6) is 1.31. The number of carbonyl (C=O) groups excluding carboxylic acids is 7. The van der Waals surface area contributed by atoms with Crippen LogP contribution < -0.4 is 0 Å². The minimum atomic E-state index is -0.0625. The van der Waals surface area contributed by atoms with Crippen molar-refractivity contribution in [1.82, 2.24) is 0 Å². The number of hydrogen-bond acceptors (Lipinski definition) is 7. The van der Waals surface area contributed by atoms with E-state index in [4.69, 9.17) is 0 Å². The fourth-order valence-corrected chi connectivity index (χ4v) is 1.30. The lowest BCUT2D eigenvalue weighted by Crippen LogP contribution is -1.97. The van der Waals surface area contributed by atoms with E-state index in [-0.39, 0.29) is 48.5 Å². The Morgan fingerprint density at radius 3 is 0.650 bits per heavy atom. The second-order valence-electron chi connectivity index (χ2n) is 8.51. The summed E-state index contributed by atoms with van der Waals surface area (Å²) >= 11 is 0. The second-order valence-corrected chi connectivity index (χ2v) is 8.51. The van der Waals surface area contributed by atoms with Crippen molar-refractivity contribution in [1.29, 1.82) is 0 Å². The molecule has 0 N–H and O–H groups in total. The van der Waals surface area contributed by atoms with Gasteiger partial charge in [-0.25, -0.2) is 0 Å². The predicted molar refractivity (Wildman–Crippen MR) is 172 cm³/mol. The van der Waals surface area contributed by atoms with Gasteiger partial charge < -0.3 is 19.2 Å². The lowest BCUT2D eigenvalue weighted by atomic mass is 10.2. The van der Waals surface area contributed by atoms with Crippen molar-refractivity contribution in [3.05, 3.63) is 12.2 Å². The molecule has 0 saturated heterocycles. The number of rotatable bonds is 10. The maximum absolute atomic E-state index is 10.2. The number of hydrogen-bond donors (Lipinski definition) is 0. The Morgan fingerprint density at radius 2 is 0.650 bits per heavy atom. The molecule has 0 heterocycles. The van der Waals surface area contributed by atoms with Crippen LogP contribution in [0.4, 0.5) is 0 Å². The molecule has 0 aromatic carbocycles. The Kier molecular flexibility index (Phi) is 75.7. The molecule has 0 unspecified atom stereocenters. The summed E-state index contributed by atoms with van der Waals surface area (Å²) < 4.78 is 0. The molecule has 0 atom stereocenters. The summed E-state index contributed by atoms with van der Waals surface area (Å²) in [5, 5.41) is 0. The third-order valence-electron chi connectivity index (χ3n) is 3.82. The van der Waals surface area contributed by atoms with Crippen LogP contribution in [0.1, 0.15) is 162 Å². The molecule has 0 spiro atoms. The van der Waals surface area contributed by atoms with Gasteiger partial charge in [0.1, 0.15) is 40.5 Å². The normalized spacial score (nSPS) is 8.05. The van der Waals surface area contributed by atoms with Crippen molar-refractivity contribution in [2.24, 2.45) is 0 Å². The van der Waals surface area contributed by atoms with E-state index in [1.807, 2.05) is 67.5 Å². The fraction of sp³-hybridized carbons (Fsp3) is 0.727. The topological polar surface area (TPSA) is 119 Å². The van der Waals surface area contributed by atoms with Crippen molar-refractivity contribution < 1.29 is 33.6 Å². The molecule has 0 saturated carbocycles. The number of carbonyl (C=O) groups is 7. The molecule has 0 aliphatic heterocycles. The molecule has 0 rings (SSSR count). The van der Waals surface area contributed by atoms with Gasteiger partial charge in [-0.05, 0) is 68.2 Å². The highest BCUT2D eigenvalue weighted by atomic mass is 16.2. The molecule has 240 valence electrons. The Bertz CT molecular complexity index is 593. The summed E-state index contributed by atoms with van der Waals surface area (Å²) in [6.45, 7) is 24.7. The number of Topliss-reactive ketones (excluding diaryl/α,β-unsaturated/α-hetero) is 7. The van der Waals surface area contributed by atoms with Crippen LogP contribution in [0.2, 0.25) is 0 Å². The zero-order valence-corrected chi connectivity index (χ0v) is 27.9. The zero-order valence-electron chi connectivity index (χ0n) is 27.9. The van der Waals surface area contributed by atoms with Crippen LogP contribution in [0.15, 0.2) is 12.2 Å². The summed E-state index contributed by atoms with van der Waals surface area (Å²) in [7, 11) is 0. The van der Waals surface area contributed by atoms with Crippen LogP contribution in [-0.4, -0.2) is 40.5 Å². The maximum Gasteiger partial charge on any atom is 0.137 e. The Labute approximate surface area is 248 Å². The van der Waals surface area contributed by atoms with E-state index in [2.05, 4.69) is 0 Å². The molecule has 7 heteroatoms. The van der Waals surface area contributed by atoms with Crippen molar-refractivity contribution in [2.45, 2.75) is 162 Å². The molecule has 0 aliphatic rings. The molecule has 40 heavy (non-hydrogen) atoms. The van der Waals surface area contributed by atoms with E-state index < -0.39 is 0 Å². The van der Waals surface area contributed by atoms with Crippen molar-refractivity contribution in [3.8, 4) is 0 Å². The first kappa shape index (κ1) is 57.4. The summed E-state index contributed by atoms with van der Waals surface area (Å²) in [6, 6.07) is 0. The minimum Gasteiger partial charge on any atom is -0.300 e. The van der Waals surface area contributed by atoms with E-state index in [0.29, 0.717) is 31.5 Å². The van der Waals surface area contributed by atoms with Gasteiger partial charge in [-0.2, -0.15) is 0 Å². The first-order chi connectivity index (χ1) is 17.9. The number of allylic oxidation sites excluding steroid dienone is 2. The average Bonchev–Trinajstić information content (AvgIpc) is 2.84. The molecular weight excluding hydrogens is 508 g/mol. The van der Waals surface area contributed by atoms with Crippen LogP contribution in [0.25, 0.3) is 0 Å². The third-order valence-corrected chi connectivity index (χ3v) is 3.82. The Hall–Kier alpha value is -2.57. The average molecular weight is 575 g/mol. The molecule has 7 nitrogen and oxygen atoms in total. The van der Waals surface area contributed by atoms with Crippen LogP contribution in [0.3, 0.4) is 0 Å². The standard InChI is InChI=1S/C5H8O2.3C5H10O.2C4H8O.C4H8.CH4/c1-4(6)3-5(2)7;2*1-3-4-5(2)6;1-3-5(6)4-2;2*1-3-4(2)5;1-3-4-2;/h3H2,1-2H3;3*3-4H2,1-2H3;2*3H2,1-2H3;3-4H,1-2H3;1H4. The highest BCUT2D eigenvalue weighted by Gasteiger charge is 1.94. The smallest absolute Gasteiger partial charge is 0.137 e. The highest BCUT2D eigenvalue weighted by Crippen LogP contribution is 1.85.